The third-order valence-electron chi connectivity index (χ3n) is 5.37. The van der Waals surface area contributed by atoms with Gasteiger partial charge in [0.25, 0.3) is 11.7 Å². The number of rotatable bonds is 7. The van der Waals surface area contributed by atoms with Gasteiger partial charge >= 0.3 is 0 Å². The number of hydrogen-bond donors (Lipinski definition) is 3. The molecule has 3 rings (SSSR count). The van der Waals surface area contributed by atoms with Crippen molar-refractivity contribution in [3.63, 3.8) is 0 Å². The lowest BCUT2D eigenvalue weighted by Gasteiger charge is -2.37. The zero-order chi connectivity index (χ0) is 22.9. The number of carbonyl (C=O) groups is 2. The highest BCUT2D eigenvalue weighted by Crippen LogP contribution is 2.29. The second-order valence-electron chi connectivity index (χ2n) is 7.39. The summed E-state index contributed by atoms with van der Waals surface area (Å²) in [6, 6.07) is 3.13. The van der Waals surface area contributed by atoms with E-state index in [-0.39, 0.29) is 24.5 Å². The molecule has 0 bridgehead atoms. The number of ether oxygens (including phenoxy) is 1. The van der Waals surface area contributed by atoms with E-state index in [4.69, 9.17) is 11.2 Å². The van der Waals surface area contributed by atoms with Gasteiger partial charge in [0, 0.05) is 24.0 Å². The van der Waals surface area contributed by atoms with Crippen LogP contribution in [-0.2, 0) is 16.1 Å². The zero-order valence-corrected chi connectivity index (χ0v) is 17.4. The highest BCUT2D eigenvalue weighted by Gasteiger charge is 2.40. The molecule has 1 aromatic carbocycles. The molecule has 31 heavy (non-hydrogen) atoms. The number of hydrogen-bond acceptors (Lipinski definition) is 5. The Labute approximate surface area is 178 Å². The fourth-order valence-electron chi connectivity index (χ4n) is 3.71. The van der Waals surface area contributed by atoms with Crippen molar-refractivity contribution in [3.8, 4) is 12.3 Å². The van der Waals surface area contributed by atoms with Crippen LogP contribution in [0.25, 0.3) is 0 Å². The molecule has 1 aliphatic rings. The lowest BCUT2D eigenvalue weighted by Crippen LogP contribution is -2.62. The van der Waals surface area contributed by atoms with Gasteiger partial charge < -0.3 is 25.0 Å². The Morgan fingerprint density at radius 3 is 2.52 bits per heavy atom. The second-order valence-corrected chi connectivity index (χ2v) is 7.39. The van der Waals surface area contributed by atoms with Gasteiger partial charge in [0.2, 0.25) is 0 Å². The van der Waals surface area contributed by atoms with Gasteiger partial charge in [0.1, 0.15) is 5.54 Å². The number of ketones is 1. The van der Waals surface area contributed by atoms with E-state index >= 15 is 0 Å². The van der Waals surface area contributed by atoms with Crippen LogP contribution in [0.5, 0.6) is 0 Å². The number of Topliss-reactive ketones (excluding diaryl/α,β-unsaturated/α-hetero) is 1. The first kappa shape index (κ1) is 22.5. The Hall–Kier alpha value is -3.22. The van der Waals surface area contributed by atoms with Crippen molar-refractivity contribution < 1.29 is 28.2 Å². The van der Waals surface area contributed by atoms with Crippen LogP contribution in [0.2, 0.25) is 0 Å². The van der Waals surface area contributed by atoms with Gasteiger partial charge in [-0.2, -0.15) is 0 Å². The van der Waals surface area contributed by atoms with E-state index in [0.717, 1.165) is 12.1 Å². The van der Waals surface area contributed by atoms with Gasteiger partial charge in [-0.15, -0.1) is 6.42 Å². The molecule has 2 aromatic rings. The number of nitrogens with one attached hydrogen (secondary N) is 2. The number of halogens is 2. The van der Waals surface area contributed by atoms with Crippen LogP contribution >= 0.6 is 0 Å². The molecule has 9 heteroatoms. The Morgan fingerprint density at radius 1 is 1.32 bits per heavy atom. The minimum Gasteiger partial charge on any atom is -0.374 e. The third kappa shape index (κ3) is 4.04. The number of aliphatic hydroxyl groups is 1. The van der Waals surface area contributed by atoms with E-state index in [1.807, 2.05) is 6.92 Å². The molecular formula is C22H23F2N3O4. The number of amides is 1. The second kappa shape index (κ2) is 8.49. The lowest BCUT2D eigenvalue weighted by atomic mass is 9.97. The summed E-state index contributed by atoms with van der Waals surface area (Å²) in [7, 11) is 0. The molecule has 7 nitrogen and oxygen atoms in total. The minimum absolute atomic E-state index is 0.124. The average molecular weight is 431 g/mol. The molecule has 1 fully saturated rings. The lowest BCUT2D eigenvalue weighted by molar-refractivity contribution is -0.124. The van der Waals surface area contributed by atoms with Crippen molar-refractivity contribution in [3.05, 3.63) is 52.3 Å². The fourth-order valence-corrected chi connectivity index (χ4v) is 3.71. The van der Waals surface area contributed by atoms with Crippen molar-refractivity contribution in [1.82, 2.24) is 9.88 Å². The molecule has 2 heterocycles. The normalized spacial score (nSPS) is 15.5. The quantitative estimate of drug-likeness (QED) is 0.271. The summed E-state index contributed by atoms with van der Waals surface area (Å²) in [5, 5.41) is 16.0. The van der Waals surface area contributed by atoms with Crippen LogP contribution in [0.15, 0.2) is 18.2 Å². The molecule has 1 amide bonds. The SMILES string of the molecule is C#CC1(NC(=O)C(=O)c2c(C)c(C(O)Nc3ccc(F)c(F)c3)n(CC)c2C)COC1. The minimum atomic E-state index is -1.34. The predicted molar refractivity (Wildman–Crippen MR) is 109 cm³/mol. The first-order valence-corrected chi connectivity index (χ1v) is 9.65. The fraction of sp³-hybridized carbons (Fsp3) is 0.364. The number of terminal acetylenes is 1. The average Bonchev–Trinajstić information content (AvgIpc) is 2.96. The van der Waals surface area contributed by atoms with Crippen molar-refractivity contribution in [2.45, 2.75) is 39.1 Å². The third-order valence-corrected chi connectivity index (χ3v) is 5.37. The monoisotopic (exact) mass is 431 g/mol. The number of aromatic nitrogens is 1. The van der Waals surface area contributed by atoms with Crippen LogP contribution < -0.4 is 10.6 Å². The van der Waals surface area contributed by atoms with Gasteiger partial charge in [-0.1, -0.05) is 5.92 Å². The molecule has 1 saturated heterocycles. The summed E-state index contributed by atoms with van der Waals surface area (Å²) >= 11 is 0. The first-order chi connectivity index (χ1) is 14.6. The van der Waals surface area contributed by atoms with E-state index in [0.29, 0.717) is 23.5 Å². The topological polar surface area (TPSA) is 92.6 Å². The molecule has 0 spiro atoms. The van der Waals surface area contributed by atoms with Crippen molar-refractivity contribution in [2.75, 3.05) is 18.5 Å². The van der Waals surface area contributed by atoms with Gasteiger partial charge in [0.15, 0.2) is 17.9 Å². The molecule has 0 aliphatic carbocycles. The van der Waals surface area contributed by atoms with Crippen LogP contribution in [0.3, 0.4) is 0 Å². The number of anilines is 1. The molecule has 1 unspecified atom stereocenters. The molecule has 3 N–H and O–H groups in total. The number of aliphatic hydroxyl groups excluding tert-OH is 1. The summed E-state index contributed by atoms with van der Waals surface area (Å²) in [4.78, 5) is 25.5. The van der Waals surface area contributed by atoms with E-state index < -0.39 is 35.1 Å². The molecule has 1 aliphatic heterocycles. The summed E-state index contributed by atoms with van der Waals surface area (Å²) in [5.74, 6) is -1.28. The standard InChI is InChI=1S/C22H23F2N3O4/c1-5-22(10-31-11-22)26-21(30)19(28)17-12(3)18(27(6-2)13(17)4)20(29)25-14-7-8-15(23)16(24)9-14/h1,7-9,20,25,29H,6,10-11H2,2-4H3,(H,26,30). The first-order valence-electron chi connectivity index (χ1n) is 9.65. The summed E-state index contributed by atoms with van der Waals surface area (Å²) in [5.41, 5.74) is 0.507. The van der Waals surface area contributed by atoms with Crippen LogP contribution in [-0.4, -0.2) is 40.1 Å². The molecule has 0 radical (unpaired) electrons. The van der Waals surface area contributed by atoms with Crippen molar-refractivity contribution in [1.29, 1.82) is 0 Å². The molecule has 0 saturated carbocycles. The summed E-state index contributed by atoms with van der Waals surface area (Å²) in [6.07, 6.45) is 4.10. The van der Waals surface area contributed by atoms with Gasteiger partial charge in [-0.05, 0) is 38.5 Å². The highest BCUT2D eigenvalue weighted by atomic mass is 19.2. The van der Waals surface area contributed by atoms with E-state index in [1.165, 1.54) is 6.07 Å². The van der Waals surface area contributed by atoms with Gasteiger partial charge in [-0.25, -0.2) is 8.78 Å². The maximum absolute atomic E-state index is 13.5. The smallest absolute Gasteiger partial charge is 0.293 e. The van der Waals surface area contributed by atoms with E-state index in [2.05, 4.69) is 16.6 Å². The predicted octanol–water partition coefficient (Wildman–Crippen LogP) is 2.21. The largest absolute Gasteiger partial charge is 0.374 e. The highest BCUT2D eigenvalue weighted by molar-refractivity contribution is 6.43. The zero-order valence-electron chi connectivity index (χ0n) is 17.4. The summed E-state index contributed by atoms with van der Waals surface area (Å²) in [6.45, 7) is 5.73. The number of benzene rings is 1. The van der Waals surface area contributed by atoms with Crippen molar-refractivity contribution >= 4 is 17.4 Å². The molecule has 164 valence electrons. The van der Waals surface area contributed by atoms with Crippen molar-refractivity contribution in [2.24, 2.45) is 0 Å². The summed E-state index contributed by atoms with van der Waals surface area (Å²) < 4.78 is 33.4. The Kier molecular flexibility index (Phi) is 6.15. The molecular weight excluding hydrogens is 408 g/mol. The van der Waals surface area contributed by atoms with Crippen LogP contribution in [0.1, 0.15) is 40.5 Å². The van der Waals surface area contributed by atoms with Crippen LogP contribution in [0.4, 0.5) is 14.5 Å². The Balaban J connectivity index is 1.91. The maximum Gasteiger partial charge on any atom is 0.293 e. The Bertz CT molecular complexity index is 1080. The van der Waals surface area contributed by atoms with E-state index in [9.17, 15) is 23.5 Å². The van der Waals surface area contributed by atoms with Gasteiger partial charge in [-0.3, -0.25) is 9.59 Å². The number of nitrogens with zero attached hydrogens (tertiary/aromatic N) is 1. The molecule has 1 aromatic heterocycles. The number of carbonyl (C=O) groups excluding carboxylic acids is 2. The molecule has 1 atom stereocenters. The van der Waals surface area contributed by atoms with E-state index in [1.54, 1.807) is 18.4 Å². The van der Waals surface area contributed by atoms with Crippen LogP contribution in [0, 0.1) is 37.8 Å². The maximum atomic E-state index is 13.5. The Morgan fingerprint density at radius 2 is 2.00 bits per heavy atom. The van der Waals surface area contributed by atoms with Gasteiger partial charge in [0.05, 0.1) is 24.5 Å².